The van der Waals surface area contributed by atoms with E-state index in [2.05, 4.69) is 11.9 Å². The minimum Gasteiger partial charge on any atom is -0.462 e. The minimum atomic E-state index is -0.191. The molecule has 0 atom stereocenters. The predicted molar refractivity (Wildman–Crippen MR) is 75.6 cm³/mol. The van der Waals surface area contributed by atoms with Crippen LogP contribution in [0.2, 0.25) is 0 Å². The summed E-state index contributed by atoms with van der Waals surface area (Å²) in [4.78, 5) is 13.4. The van der Waals surface area contributed by atoms with Gasteiger partial charge in [-0.1, -0.05) is 6.08 Å². The van der Waals surface area contributed by atoms with Gasteiger partial charge in [-0.25, -0.2) is 4.79 Å². The highest BCUT2D eigenvalue weighted by Crippen LogP contribution is 2.38. The number of aryl methyl sites for hydroxylation is 1. The second kappa shape index (κ2) is 6.05. The van der Waals surface area contributed by atoms with Gasteiger partial charge in [0.2, 0.25) is 0 Å². The van der Waals surface area contributed by atoms with Crippen molar-refractivity contribution in [3.8, 4) is 0 Å². The van der Waals surface area contributed by atoms with E-state index in [1.807, 2.05) is 6.92 Å². The monoisotopic (exact) mass is 265 g/mol. The standard InChI is InChI=1S/C14H19NO2S/c1-3-9-15-13-12(14(16)17-4-2)10-7-5-6-8-11(10)18-13/h3,15H,1,4-9H2,2H3. The third-order valence-electron chi connectivity index (χ3n) is 3.06. The van der Waals surface area contributed by atoms with Crippen LogP contribution in [0.3, 0.4) is 0 Å². The molecule has 3 nitrogen and oxygen atoms in total. The molecule has 0 radical (unpaired) electrons. The molecule has 1 heterocycles. The van der Waals surface area contributed by atoms with Crippen LogP contribution in [-0.4, -0.2) is 19.1 Å². The number of ether oxygens (including phenoxy) is 1. The highest BCUT2D eigenvalue weighted by molar-refractivity contribution is 7.16. The topological polar surface area (TPSA) is 38.3 Å². The first kappa shape index (κ1) is 13.1. The molecule has 0 aromatic carbocycles. The van der Waals surface area contributed by atoms with Crippen molar-refractivity contribution in [3.05, 3.63) is 28.7 Å². The molecule has 0 saturated heterocycles. The molecule has 1 aromatic rings. The summed E-state index contributed by atoms with van der Waals surface area (Å²) in [6, 6.07) is 0. The number of carbonyl (C=O) groups excluding carboxylic acids is 1. The van der Waals surface area contributed by atoms with Crippen molar-refractivity contribution in [2.75, 3.05) is 18.5 Å². The molecule has 1 aliphatic rings. The van der Waals surface area contributed by atoms with Gasteiger partial charge in [0.15, 0.2) is 0 Å². The molecule has 1 aliphatic carbocycles. The van der Waals surface area contributed by atoms with Crippen LogP contribution in [0.1, 0.15) is 40.6 Å². The second-order valence-corrected chi connectivity index (χ2v) is 5.41. The van der Waals surface area contributed by atoms with Gasteiger partial charge in [-0.2, -0.15) is 0 Å². The number of anilines is 1. The first-order valence-corrected chi connectivity index (χ1v) is 7.26. The summed E-state index contributed by atoms with van der Waals surface area (Å²) < 4.78 is 5.17. The normalized spacial score (nSPS) is 13.8. The second-order valence-electron chi connectivity index (χ2n) is 4.31. The van der Waals surface area contributed by atoms with E-state index < -0.39 is 0 Å². The number of carbonyl (C=O) groups is 1. The molecule has 98 valence electrons. The Hall–Kier alpha value is -1.29. The molecule has 18 heavy (non-hydrogen) atoms. The molecular weight excluding hydrogens is 246 g/mol. The van der Waals surface area contributed by atoms with Crippen LogP contribution in [-0.2, 0) is 17.6 Å². The third-order valence-corrected chi connectivity index (χ3v) is 4.31. The van der Waals surface area contributed by atoms with Crippen LogP contribution >= 0.6 is 11.3 Å². The van der Waals surface area contributed by atoms with Crippen molar-refractivity contribution in [3.63, 3.8) is 0 Å². The van der Waals surface area contributed by atoms with Gasteiger partial charge in [0.25, 0.3) is 0 Å². The van der Waals surface area contributed by atoms with Gasteiger partial charge < -0.3 is 10.1 Å². The molecule has 1 aromatic heterocycles. The van der Waals surface area contributed by atoms with Crippen molar-refractivity contribution in [1.29, 1.82) is 0 Å². The number of esters is 1. The lowest BCUT2D eigenvalue weighted by Crippen LogP contribution is -2.11. The summed E-state index contributed by atoms with van der Waals surface area (Å²) in [7, 11) is 0. The van der Waals surface area contributed by atoms with E-state index in [9.17, 15) is 4.79 Å². The maximum Gasteiger partial charge on any atom is 0.341 e. The fourth-order valence-electron chi connectivity index (χ4n) is 2.27. The van der Waals surface area contributed by atoms with E-state index in [1.165, 1.54) is 16.9 Å². The van der Waals surface area contributed by atoms with Crippen molar-refractivity contribution in [2.45, 2.75) is 32.6 Å². The van der Waals surface area contributed by atoms with Crippen molar-refractivity contribution >= 4 is 22.3 Å². The molecule has 0 bridgehead atoms. The Morgan fingerprint density at radius 3 is 3.00 bits per heavy atom. The summed E-state index contributed by atoms with van der Waals surface area (Å²) in [6.07, 6.45) is 6.26. The quantitative estimate of drug-likeness (QED) is 0.655. The zero-order chi connectivity index (χ0) is 13.0. The Balaban J connectivity index is 2.34. The van der Waals surface area contributed by atoms with Gasteiger partial charge in [0.05, 0.1) is 12.2 Å². The van der Waals surface area contributed by atoms with E-state index in [4.69, 9.17) is 4.74 Å². The highest BCUT2D eigenvalue weighted by atomic mass is 32.1. The summed E-state index contributed by atoms with van der Waals surface area (Å²) in [5.74, 6) is -0.191. The van der Waals surface area contributed by atoms with Crippen LogP contribution in [0.25, 0.3) is 0 Å². The lowest BCUT2D eigenvalue weighted by Gasteiger charge is -2.12. The number of hydrogen-bond acceptors (Lipinski definition) is 4. The molecule has 0 saturated carbocycles. The first-order valence-electron chi connectivity index (χ1n) is 6.44. The van der Waals surface area contributed by atoms with Gasteiger partial charge in [-0.05, 0) is 38.2 Å². The lowest BCUT2D eigenvalue weighted by atomic mass is 9.95. The van der Waals surface area contributed by atoms with Gasteiger partial charge in [0, 0.05) is 11.4 Å². The Morgan fingerprint density at radius 1 is 1.50 bits per heavy atom. The fourth-order valence-corrected chi connectivity index (χ4v) is 3.56. The number of fused-ring (bicyclic) bond motifs is 1. The first-order chi connectivity index (χ1) is 8.77. The van der Waals surface area contributed by atoms with Crippen LogP contribution in [0.15, 0.2) is 12.7 Å². The minimum absolute atomic E-state index is 0.191. The molecule has 4 heteroatoms. The summed E-state index contributed by atoms with van der Waals surface area (Å²) in [5.41, 5.74) is 1.97. The van der Waals surface area contributed by atoms with Gasteiger partial charge >= 0.3 is 5.97 Å². The number of nitrogens with one attached hydrogen (secondary N) is 1. The maximum atomic E-state index is 12.1. The van der Waals surface area contributed by atoms with E-state index in [0.29, 0.717) is 13.2 Å². The van der Waals surface area contributed by atoms with E-state index in [0.717, 1.165) is 29.8 Å². The zero-order valence-electron chi connectivity index (χ0n) is 10.8. The van der Waals surface area contributed by atoms with E-state index in [1.54, 1.807) is 17.4 Å². The van der Waals surface area contributed by atoms with Crippen LogP contribution in [0, 0.1) is 0 Å². The molecule has 0 amide bonds. The number of hydrogen-bond donors (Lipinski definition) is 1. The van der Waals surface area contributed by atoms with Gasteiger partial charge in [-0.3, -0.25) is 0 Å². The zero-order valence-corrected chi connectivity index (χ0v) is 11.6. The Bertz CT molecular complexity index is 451. The van der Waals surface area contributed by atoms with E-state index >= 15 is 0 Å². The average molecular weight is 265 g/mol. The lowest BCUT2D eigenvalue weighted by molar-refractivity contribution is 0.0526. The summed E-state index contributed by atoms with van der Waals surface area (Å²) in [5, 5.41) is 4.20. The van der Waals surface area contributed by atoms with Crippen LogP contribution < -0.4 is 5.32 Å². The van der Waals surface area contributed by atoms with E-state index in [-0.39, 0.29) is 5.97 Å². The average Bonchev–Trinajstić information content (AvgIpc) is 2.74. The Labute approximate surface area is 112 Å². The predicted octanol–water partition coefficient (Wildman–Crippen LogP) is 3.40. The molecule has 0 fully saturated rings. The molecule has 0 spiro atoms. The Kier molecular flexibility index (Phi) is 4.42. The van der Waals surface area contributed by atoms with Crippen LogP contribution in [0.4, 0.5) is 5.00 Å². The number of thiophene rings is 1. The highest BCUT2D eigenvalue weighted by Gasteiger charge is 2.25. The van der Waals surface area contributed by atoms with Gasteiger partial charge in [-0.15, -0.1) is 17.9 Å². The summed E-state index contributed by atoms with van der Waals surface area (Å²) >= 11 is 1.70. The van der Waals surface area contributed by atoms with Crippen molar-refractivity contribution in [2.24, 2.45) is 0 Å². The van der Waals surface area contributed by atoms with Gasteiger partial charge in [0.1, 0.15) is 5.00 Å². The summed E-state index contributed by atoms with van der Waals surface area (Å²) in [6.45, 7) is 6.63. The SMILES string of the molecule is C=CCNc1sc2c(c1C(=O)OCC)CCCC2. The third kappa shape index (κ3) is 2.58. The molecule has 2 rings (SSSR count). The molecule has 0 aliphatic heterocycles. The van der Waals surface area contributed by atoms with Crippen molar-refractivity contribution in [1.82, 2.24) is 0 Å². The number of rotatable bonds is 5. The maximum absolute atomic E-state index is 12.1. The molecular formula is C14H19NO2S. The van der Waals surface area contributed by atoms with Crippen molar-refractivity contribution < 1.29 is 9.53 Å². The largest absolute Gasteiger partial charge is 0.462 e. The molecule has 0 unspecified atom stereocenters. The Morgan fingerprint density at radius 2 is 2.28 bits per heavy atom. The fraction of sp³-hybridized carbons (Fsp3) is 0.500. The van der Waals surface area contributed by atoms with Crippen LogP contribution in [0.5, 0.6) is 0 Å². The smallest absolute Gasteiger partial charge is 0.341 e. The molecule has 1 N–H and O–H groups in total.